The summed E-state index contributed by atoms with van der Waals surface area (Å²) in [4.78, 5) is 21.9. The molecule has 1 aliphatic carbocycles. The Hall–Kier alpha value is -4.76. The molecule has 43 heavy (non-hydrogen) atoms. The van der Waals surface area contributed by atoms with Crippen LogP contribution in [-0.4, -0.2) is 44.9 Å². The first-order valence-corrected chi connectivity index (χ1v) is 14.9. The summed E-state index contributed by atoms with van der Waals surface area (Å²) in [6.45, 7) is 2.83. The highest BCUT2D eigenvalue weighted by Gasteiger charge is 2.23. The van der Waals surface area contributed by atoms with Gasteiger partial charge in [0.05, 0.1) is 11.7 Å². The third-order valence-corrected chi connectivity index (χ3v) is 7.79. The molecule has 9 heteroatoms. The zero-order chi connectivity index (χ0) is 29.2. The van der Waals surface area contributed by atoms with Gasteiger partial charge in [0.1, 0.15) is 17.8 Å². The van der Waals surface area contributed by atoms with Gasteiger partial charge < -0.3 is 20.1 Å². The van der Waals surface area contributed by atoms with Crippen LogP contribution in [0.25, 0.3) is 33.4 Å². The average Bonchev–Trinajstić information content (AvgIpc) is 3.71. The van der Waals surface area contributed by atoms with Gasteiger partial charge in [-0.2, -0.15) is 5.10 Å². The molecule has 218 valence electrons. The minimum absolute atomic E-state index is 0.0181. The third kappa shape index (κ3) is 6.36. The third-order valence-electron chi connectivity index (χ3n) is 7.79. The topological polar surface area (TPSA) is 103 Å². The highest BCUT2D eigenvalue weighted by Crippen LogP contribution is 2.31. The van der Waals surface area contributed by atoms with Crippen LogP contribution >= 0.6 is 0 Å². The number of ether oxygens (including phenoxy) is 2. The fourth-order valence-electron chi connectivity index (χ4n) is 5.30. The van der Waals surface area contributed by atoms with Crippen LogP contribution in [0, 0.1) is 6.92 Å². The van der Waals surface area contributed by atoms with Crippen LogP contribution < -0.4 is 15.4 Å². The maximum atomic E-state index is 12.1. The SMILES string of the molecule is Cc1ccc2nc(-c3cccc(OCC(=O)NC4CC4)c3)nc(Nc3ccc(-c4cnn(C5CCCCO5)c4)cc3)c2c1. The van der Waals surface area contributed by atoms with Gasteiger partial charge in [-0.1, -0.05) is 35.9 Å². The highest BCUT2D eigenvalue weighted by molar-refractivity contribution is 5.93. The predicted octanol–water partition coefficient (Wildman–Crippen LogP) is 6.57. The summed E-state index contributed by atoms with van der Waals surface area (Å²) < 4.78 is 13.6. The number of rotatable bonds is 9. The summed E-state index contributed by atoms with van der Waals surface area (Å²) >= 11 is 0. The number of hydrogen-bond donors (Lipinski definition) is 2. The van der Waals surface area contributed by atoms with Crippen LogP contribution in [0.1, 0.15) is 43.9 Å². The van der Waals surface area contributed by atoms with E-state index in [0.29, 0.717) is 23.4 Å². The fraction of sp³-hybridized carbons (Fsp3) is 0.294. The first-order chi connectivity index (χ1) is 21.1. The number of anilines is 2. The Morgan fingerprint density at radius 1 is 0.977 bits per heavy atom. The molecule has 1 amide bonds. The van der Waals surface area contributed by atoms with Crippen molar-refractivity contribution < 1.29 is 14.3 Å². The molecule has 0 bridgehead atoms. The number of carbonyl (C=O) groups excluding carboxylic acids is 1. The van der Waals surface area contributed by atoms with E-state index in [1.807, 2.05) is 59.4 Å². The molecule has 1 saturated carbocycles. The molecule has 2 N–H and O–H groups in total. The Bertz CT molecular complexity index is 1760. The lowest BCUT2D eigenvalue weighted by Crippen LogP contribution is -2.30. The van der Waals surface area contributed by atoms with Gasteiger partial charge in [-0.25, -0.2) is 14.6 Å². The Morgan fingerprint density at radius 3 is 2.67 bits per heavy atom. The normalized spacial score (nSPS) is 16.6. The maximum Gasteiger partial charge on any atom is 0.258 e. The van der Waals surface area contributed by atoms with E-state index < -0.39 is 0 Å². The second kappa shape index (κ2) is 11.9. The quantitative estimate of drug-likeness (QED) is 0.205. The molecule has 0 spiro atoms. The van der Waals surface area contributed by atoms with E-state index >= 15 is 0 Å². The van der Waals surface area contributed by atoms with E-state index in [2.05, 4.69) is 47.1 Å². The number of hydrogen-bond acceptors (Lipinski definition) is 7. The summed E-state index contributed by atoms with van der Waals surface area (Å²) in [5.41, 5.74) is 5.82. The van der Waals surface area contributed by atoms with Gasteiger partial charge in [0.2, 0.25) is 0 Å². The monoisotopic (exact) mass is 574 g/mol. The summed E-state index contributed by atoms with van der Waals surface area (Å²) in [6.07, 6.45) is 9.33. The second-order valence-corrected chi connectivity index (χ2v) is 11.3. The Morgan fingerprint density at radius 2 is 1.86 bits per heavy atom. The van der Waals surface area contributed by atoms with E-state index in [4.69, 9.17) is 19.4 Å². The summed E-state index contributed by atoms with van der Waals surface area (Å²) in [6, 6.07) is 22.3. The van der Waals surface area contributed by atoms with Crippen molar-refractivity contribution >= 4 is 28.3 Å². The number of aromatic nitrogens is 4. The van der Waals surface area contributed by atoms with Crippen molar-refractivity contribution in [2.75, 3.05) is 18.5 Å². The molecular formula is C34H34N6O3. The zero-order valence-corrected chi connectivity index (χ0v) is 24.1. The first-order valence-electron chi connectivity index (χ1n) is 14.9. The van der Waals surface area contributed by atoms with E-state index in [-0.39, 0.29) is 18.7 Å². The van der Waals surface area contributed by atoms with Gasteiger partial charge >= 0.3 is 0 Å². The van der Waals surface area contributed by atoms with Crippen molar-refractivity contribution in [1.29, 1.82) is 0 Å². The number of benzene rings is 3. The van der Waals surface area contributed by atoms with E-state index in [1.165, 1.54) is 0 Å². The van der Waals surface area contributed by atoms with Gasteiger partial charge in [0.25, 0.3) is 5.91 Å². The molecule has 0 radical (unpaired) electrons. The molecule has 3 aromatic carbocycles. The molecule has 2 fully saturated rings. The first kappa shape index (κ1) is 27.1. The molecule has 2 aromatic heterocycles. The Balaban J connectivity index is 1.12. The lowest BCUT2D eigenvalue weighted by molar-refractivity contribution is -0.123. The number of aryl methyl sites for hydroxylation is 1. The summed E-state index contributed by atoms with van der Waals surface area (Å²) in [5, 5.41) is 12.0. The van der Waals surface area contributed by atoms with Crippen molar-refractivity contribution in [1.82, 2.24) is 25.1 Å². The second-order valence-electron chi connectivity index (χ2n) is 11.3. The molecule has 5 aromatic rings. The van der Waals surface area contributed by atoms with Crippen LogP contribution in [0.5, 0.6) is 5.75 Å². The predicted molar refractivity (Wildman–Crippen MR) is 166 cm³/mol. The lowest BCUT2D eigenvalue weighted by atomic mass is 10.1. The molecule has 1 atom stereocenters. The molecule has 7 rings (SSSR count). The fourth-order valence-corrected chi connectivity index (χ4v) is 5.30. The molecule has 2 aliphatic rings. The van der Waals surface area contributed by atoms with Gasteiger partial charge in [-0.15, -0.1) is 0 Å². The van der Waals surface area contributed by atoms with Gasteiger partial charge in [0, 0.05) is 41.0 Å². The highest BCUT2D eigenvalue weighted by atomic mass is 16.5. The summed E-state index contributed by atoms with van der Waals surface area (Å²) in [5.74, 6) is 1.78. The van der Waals surface area contributed by atoms with Crippen LogP contribution in [0.3, 0.4) is 0 Å². The Kier molecular flexibility index (Phi) is 7.47. The van der Waals surface area contributed by atoms with Crippen LogP contribution in [-0.2, 0) is 9.53 Å². The minimum Gasteiger partial charge on any atom is -0.484 e. The number of carbonyl (C=O) groups is 1. The van der Waals surface area contributed by atoms with Gasteiger partial charge in [-0.3, -0.25) is 4.79 Å². The minimum atomic E-state index is -0.102. The number of fused-ring (bicyclic) bond motifs is 1. The van der Waals surface area contributed by atoms with Crippen molar-refractivity contribution in [3.05, 3.63) is 84.7 Å². The number of nitrogens with zero attached hydrogens (tertiary/aromatic N) is 4. The standard InChI is InChI=1S/C34H34N6O3/c1-22-8-15-30-29(17-22)34(39-33(38-30)24-5-4-6-28(18-24)43-21-31(41)36-26-13-14-26)37-27-11-9-23(10-12-27)25-19-35-40(20-25)32-7-2-3-16-42-32/h4-6,8-12,15,17-20,26,32H,2-3,7,13-14,16,21H2,1H3,(H,36,41)(H,37,38,39). The van der Waals surface area contributed by atoms with Crippen LogP contribution in [0.15, 0.2) is 79.1 Å². The molecule has 1 unspecified atom stereocenters. The van der Waals surface area contributed by atoms with Gasteiger partial charge in [-0.05, 0) is 81.0 Å². The van der Waals surface area contributed by atoms with Crippen LogP contribution in [0.2, 0.25) is 0 Å². The zero-order valence-electron chi connectivity index (χ0n) is 24.1. The molecule has 3 heterocycles. The van der Waals surface area contributed by atoms with Crippen molar-refractivity contribution in [3.63, 3.8) is 0 Å². The van der Waals surface area contributed by atoms with Gasteiger partial charge in [0.15, 0.2) is 12.4 Å². The maximum absolute atomic E-state index is 12.1. The van der Waals surface area contributed by atoms with Crippen molar-refractivity contribution in [2.24, 2.45) is 0 Å². The molecule has 1 saturated heterocycles. The number of nitrogens with one attached hydrogen (secondary N) is 2. The lowest BCUT2D eigenvalue weighted by Gasteiger charge is -2.22. The average molecular weight is 575 g/mol. The van der Waals surface area contributed by atoms with E-state index in [9.17, 15) is 4.79 Å². The van der Waals surface area contributed by atoms with Crippen LogP contribution in [0.4, 0.5) is 11.5 Å². The summed E-state index contributed by atoms with van der Waals surface area (Å²) in [7, 11) is 0. The van der Waals surface area contributed by atoms with E-state index in [0.717, 1.165) is 77.6 Å². The molecular weight excluding hydrogens is 540 g/mol. The van der Waals surface area contributed by atoms with Crippen molar-refractivity contribution in [3.8, 4) is 28.3 Å². The largest absolute Gasteiger partial charge is 0.484 e. The molecule has 9 nitrogen and oxygen atoms in total. The Labute approximate surface area is 250 Å². The number of amides is 1. The molecule has 1 aliphatic heterocycles. The smallest absolute Gasteiger partial charge is 0.258 e. The van der Waals surface area contributed by atoms with Crippen molar-refractivity contribution in [2.45, 2.75) is 51.3 Å². The van der Waals surface area contributed by atoms with E-state index in [1.54, 1.807) is 0 Å².